The Labute approximate surface area is 110 Å². The van der Waals surface area contributed by atoms with Crippen molar-refractivity contribution in [2.75, 3.05) is 6.26 Å². The fourth-order valence-corrected chi connectivity index (χ4v) is 2.56. The van der Waals surface area contributed by atoms with E-state index in [0.29, 0.717) is 4.90 Å². The zero-order valence-corrected chi connectivity index (χ0v) is 11.0. The van der Waals surface area contributed by atoms with E-state index < -0.39 is 9.84 Å². The van der Waals surface area contributed by atoms with E-state index in [1.807, 2.05) is 10.6 Å². The van der Waals surface area contributed by atoms with Crippen LogP contribution in [0.1, 0.15) is 0 Å². The number of nitrogens with zero attached hydrogens (tertiary/aromatic N) is 3. The third-order valence-corrected chi connectivity index (χ3v) is 4.02. The van der Waals surface area contributed by atoms with Crippen LogP contribution < -0.4 is 0 Å². The van der Waals surface area contributed by atoms with Crippen LogP contribution in [0.3, 0.4) is 0 Å². The Morgan fingerprint density at radius 1 is 1.11 bits per heavy atom. The third kappa shape index (κ3) is 2.10. The van der Waals surface area contributed by atoms with E-state index in [9.17, 15) is 8.42 Å². The minimum Gasteiger partial charge on any atom is -0.297 e. The highest BCUT2D eigenvalue weighted by atomic mass is 32.2. The lowest BCUT2D eigenvalue weighted by Gasteiger charge is -2.03. The van der Waals surface area contributed by atoms with Crippen molar-refractivity contribution >= 4 is 15.5 Å². The lowest BCUT2D eigenvalue weighted by molar-refractivity contribution is 0.602. The molecule has 0 spiro atoms. The van der Waals surface area contributed by atoms with E-state index in [-0.39, 0.29) is 0 Å². The number of hydrogen-bond acceptors (Lipinski definition) is 4. The Kier molecular flexibility index (Phi) is 2.60. The lowest BCUT2D eigenvalue weighted by Crippen LogP contribution is -1.96. The van der Waals surface area contributed by atoms with E-state index >= 15 is 0 Å². The molecule has 96 valence electrons. The molecule has 0 atom stereocenters. The van der Waals surface area contributed by atoms with Crippen LogP contribution >= 0.6 is 0 Å². The molecule has 0 fully saturated rings. The minimum absolute atomic E-state index is 0.312. The summed E-state index contributed by atoms with van der Waals surface area (Å²) in [4.78, 5) is 8.56. The largest absolute Gasteiger partial charge is 0.297 e. The summed E-state index contributed by atoms with van der Waals surface area (Å²) in [6.07, 6.45) is 8.12. The van der Waals surface area contributed by atoms with Crippen molar-refractivity contribution in [3.63, 3.8) is 0 Å². The first-order valence-electron chi connectivity index (χ1n) is 5.63. The number of hydrogen-bond donors (Lipinski definition) is 0. The Hall–Kier alpha value is -2.21. The van der Waals surface area contributed by atoms with Gasteiger partial charge in [-0.25, -0.2) is 13.4 Å². The summed E-state index contributed by atoms with van der Waals surface area (Å²) in [5, 5.41) is 0. The molecule has 19 heavy (non-hydrogen) atoms. The lowest BCUT2D eigenvalue weighted by atomic mass is 10.2. The summed E-state index contributed by atoms with van der Waals surface area (Å²) in [5.41, 5.74) is 2.56. The summed E-state index contributed by atoms with van der Waals surface area (Å²) in [5.74, 6) is 0. The molecule has 0 aliphatic carbocycles. The molecule has 0 aliphatic heterocycles. The van der Waals surface area contributed by atoms with E-state index in [0.717, 1.165) is 16.9 Å². The van der Waals surface area contributed by atoms with Gasteiger partial charge in [0.25, 0.3) is 0 Å². The standard InChI is InChI=1S/C13H11N3O2S/c1-19(17,18)11-4-2-10(3-5-11)12-8-15-13-9-14-6-7-16(12)13/h2-9H,1H3. The monoisotopic (exact) mass is 273 g/mol. The van der Waals surface area contributed by atoms with Crippen molar-refractivity contribution in [3.05, 3.63) is 49.1 Å². The fourth-order valence-electron chi connectivity index (χ4n) is 1.93. The van der Waals surface area contributed by atoms with Gasteiger partial charge in [0.2, 0.25) is 0 Å². The normalized spacial score (nSPS) is 11.8. The molecule has 0 radical (unpaired) electrons. The van der Waals surface area contributed by atoms with Crippen LogP contribution in [0.2, 0.25) is 0 Å². The molecular formula is C13H11N3O2S. The molecule has 0 unspecified atom stereocenters. The molecule has 0 N–H and O–H groups in total. The smallest absolute Gasteiger partial charge is 0.175 e. The second kappa shape index (κ2) is 4.17. The maximum absolute atomic E-state index is 11.4. The van der Waals surface area contributed by atoms with Crippen LogP contribution in [0.5, 0.6) is 0 Å². The first-order valence-corrected chi connectivity index (χ1v) is 7.52. The van der Waals surface area contributed by atoms with Gasteiger partial charge in [-0.2, -0.15) is 0 Å². The van der Waals surface area contributed by atoms with E-state index in [2.05, 4.69) is 9.97 Å². The zero-order valence-electron chi connectivity index (χ0n) is 10.2. The average Bonchev–Trinajstić information content (AvgIpc) is 2.82. The summed E-state index contributed by atoms with van der Waals surface area (Å²) >= 11 is 0. The van der Waals surface area contributed by atoms with Gasteiger partial charge in [-0.3, -0.25) is 9.38 Å². The predicted molar refractivity (Wildman–Crippen MR) is 71.5 cm³/mol. The topological polar surface area (TPSA) is 64.3 Å². The molecule has 0 amide bonds. The highest BCUT2D eigenvalue weighted by Gasteiger charge is 2.09. The van der Waals surface area contributed by atoms with Gasteiger partial charge in [0.05, 0.1) is 23.0 Å². The molecule has 2 heterocycles. The van der Waals surface area contributed by atoms with Crippen LogP contribution in [0.15, 0.2) is 53.9 Å². The van der Waals surface area contributed by atoms with Crippen molar-refractivity contribution in [3.8, 4) is 11.3 Å². The highest BCUT2D eigenvalue weighted by Crippen LogP contribution is 2.22. The summed E-state index contributed by atoms with van der Waals surface area (Å²) in [6, 6.07) is 6.76. The second-order valence-electron chi connectivity index (χ2n) is 4.24. The van der Waals surface area contributed by atoms with Crippen LogP contribution in [0.4, 0.5) is 0 Å². The Morgan fingerprint density at radius 3 is 2.53 bits per heavy atom. The summed E-state index contributed by atoms with van der Waals surface area (Å²) < 4.78 is 24.7. The first kappa shape index (κ1) is 11.9. The van der Waals surface area contributed by atoms with Crippen molar-refractivity contribution in [2.24, 2.45) is 0 Å². The molecule has 1 aromatic carbocycles. The first-order chi connectivity index (χ1) is 9.05. The highest BCUT2D eigenvalue weighted by molar-refractivity contribution is 7.90. The van der Waals surface area contributed by atoms with E-state index in [1.165, 1.54) is 6.26 Å². The van der Waals surface area contributed by atoms with E-state index in [1.54, 1.807) is 42.9 Å². The van der Waals surface area contributed by atoms with Crippen molar-refractivity contribution in [2.45, 2.75) is 4.90 Å². The van der Waals surface area contributed by atoms with Crippen LogP contribution in [0, 0.1) is 0 Å². The van der Waals surface area contributed by atoms with Crippen LogP contribution in [0.25, 0.3) is 16.9 Å². The van der Waals surface area contributed by atoms with Crippen molar-refractivity contribution in [1.82, 2.24) is 14.4 Å². The molecule has 0 bridgehead atoms. The van der Waals surface area contributed by atoms with Gasteiger partial charge in [-0.1, -0.05) is 12.1 Å². The van der Waals surface area contributed by atoms with Crippen molar-refractivity contribution in [1.29, 1.82) is 0 Å². The molecule has 3 rings (SSSR count). The van der Waals surface area contributed by atoms with Crippen LogP contribution in [-0.4, -0.2) is 29.0 Å². The molecule has 2 aromatic heterocycles. The number of benzene rings is 1. The number of imidazole rings is 1. The molecule has 3 aromatic rings. The summed E-state index contributed by atoms with van der Waals surface area (Å²) in [6.45, 7) is 0. The van der Waals surface area contributed by atoms with Gasteiger partial charge in [-0.15, -0.1) is 0 Å². The van der Waals surface area contributed by atoms with Gasteiger partial charge in [0.15, 0.2) is 15.5 Å². The van der Waals surface area contributed by atoms with Crippen molar-refractivity contribution < 1.29 is 8.42 Å². The second-order valence-corrected chi connectivity index (χ2v) is 6.26. The number of sulfone groups is 1. The van der Waals surface area contributed by atoms with Gasteiger partial charge < -0.3 is 0 Å². The maximum atomic E-state index is 11.4. The van der Waals surface area contributed by atoms with Gasteiger partial charge in [0, 0.05) is 24.2 Å². The quantitative estimate of drug-likeness (QED) is 0.714. The molecule has 0 saturated heterocycles. The molecule has 5 nitrogen and oxygen atoms in total. The maximum Gasteiger partial charge on any atom is 0.175 e. The molecule has 6 heteroatoms. The number of rotatable bonds is 2. The fraction of sp³-hybridized carbons (Fsp3) is 0.0769. The SMILES string of the molecule is CS(=O)(=O)c1ccc(-c2cnc3cnccn23)cc1. The Morgan fingerprint density at radius 2 is 1.84 bits per heavy atom. The van der Waals surface area contributed by atoms with Crippen LogP contribution in [-0.2, 0) is 9.84 Å². The molecular weight excluding hydrogens is 262 g/mol. The minimum atomic E-state index is -3.16. The third-order valence-electron chi connectivity index (χ3n) is 2.90. The molecule has 0 saturated carbocycles. The summed E-state index contributed by atoms with van der Waals surface area (Å²) in [7, 11) is -3.16. The Bertz CT molecular complexity index is 836. The van der Waals surface area contributed by atoms with E-state index in [4.69, 9.17) is 0 Å². The molecule has 0 aliphatic rings. The Balaban J connectivity index is 2.12. The van der Waals surface area contributed by atoms with Gasteiger partial charge in [0.1, 0.15) is 0 Å². The number of aromatic nitrogens is 3. The average molecular weight is 273 g/mol. The van der Waals surface area contributed by atoms with Gasteiger partial charge in [-0.05, 0) is 12.1 Å². The number of fused-ring (bicyclic) bond motifs is 1. The predicted octanol–water partition coefficient (Wildman–Crippen LogP) is 1.80. The zero-order chi connectivity index (χ0) is 13.5. The van der Waals surface area contributed by atoms with Gasteiger partial charge >= 0.3 is 0 Å².